The van der Waals surface area contributed by atoms with Crippen LogP contribution in [0.5, 0.6) is 0 Å². The number of benzene rings is 3. The molecule has 3 aliphatic heterocycles. The van der Waals surface area contributed by atoms with Crippen LogP contribution in [0.25, 0.3) is 0 Å². The molecule has 6 rings (SSSR count). The Morgan fingerprint density at radius 1 is 0.550 bits per heavy atom. The van der Waals surface area contributed by atoms with Crippen molar-refractivity contribution >= 4 is 42.2 Å². The van der Waals surface area contributed by atoms with Gasteiger partial charge < -0.3 is 23.5 Å². The van der Waals surface area contributed by atoms with Crippen molar-refractivity contribution in [1.29, 1.82) is 0 Å². The highest BCUT2D eigenvalue weighted by atomic mass is 16.7. The first kappa shape index (κ1) is 27.6. The van der Waals surface area contributed by atoms with Gasteiger partial charge >= 0.3 is 14.2 Å². The van der Waals surface area contributed by atoms with Gasteiger partial charge in [0.05, 0.1) is 22.4 Å². The van der Waals surface area contributed by atoms with E-state index < -0.39 is 0 Å². The first-order valence-corrected chi connectivity index (χ1v) is 14.5. The molecule has 0 aliphatic carbocycles. The van der Waals surface area contributed by atoms with Crippen molar-refractivity contribution in [2.75, 3.05) is 4.90 Å². The first-order chi connectivity index (χ1) is 18.7. The van der Waals surface area contributed by atoms with Gasteiger partial charge in [0.2, 0.25) is 0 Å². The van der Waals surface area contributed by atoms with E-state index >= 15 is 0 Å². The molecular weight excluding hydrogens is 496 g/mol. The topological polar surface area (TPSA) is 40.2 Å². The summed E-state index contributed by atoms with van der Waals surface area (Å²) in [6.45, 7) is 18.9. The molecule has 0 N–H and O–H groups in total. The zero-order chi connectivity index (χ0) is 28.7. The van der Waals surface area contributed by atoms with E-state index in [0.29, 0.717) is 0 Å². The maximum Gasteiger partial charge on any atom is 0.494 e. The number of hydrogen-bond donors (Lipinski definition) is 0. The van der Waals surface area contributed by atoms with Crippen molar-refractivity contribution in [1.82, 2.24) is 0 Å². The molecule has 7 heteroatoms. The summed E-state index contributed by atoms with van der Waals surface area (Å²) in [5, 5.41) is 0. The molecule has 0 unspecified atom stereocenters. The molecule has 0 spiro atoms. The zero-order valence-electron chi connectivity index (χ0n) is 25.4. The Hall–Kier alpha value is -2.57. The third kappa shape index (κ3) is 4.52. The summed E-state index contributed by atoms with van der Waals surface area (Å²) in [6, 6.07) is 22.1. The van der Waals surface area contributed by atoms with Crippen LogP contribution in [-0.4, -0.2) is 36.6 Å². The number of anilines is 3. The highest BCUT2D eigenvalue weighted by Crippen LogP contribution is 2.43. The standard InChI is InChI=1S/C33H41B2NO4/c1-22-10-16-27(17-11-22)36-28-18-14-25(34-37-30(2,3)31(4,5)38-34)20-23(28)12-13-24-21-26(15-19-29(24)36)35-39-32(6,7)33(8,9)40-35/h10-11,14-21H,12-13H2,1-9H3. The average Bonchev–Trinajstić information content (AvgIpc) is 3.15. The second-order valence-electron chi connectivity index (χ2n) is 13.6. The molecule has 2 saturated heterocycles. The van der Waals surface area contributed by atoms with E-state index in [1.165, 1.54) is 28.1 Å². The fraction of sp³-hybridized carbons (Fsp3) is 0.455. The first-order valence-electron chi connectivity index (χ1n) is 14.5. The van der Waals surface area contributed by atoms with Gasteiger partial charge in [-0.3, -0.25) is 0 Å². The minimum absolute atomic E-state index is 0.376. The highest BCUT2D eigenvalue weighted by Gasteiger charge is 2.53. The lowest BCUT2D eigenvalue weighted by Crippen LogP contribution is -2.41. The summed E-state index contributed by atoms with van der Waals surface area (Å²) in [7, 11) is -0.771. The molecule has 3 heterocycles. The Morgan fingerprint density at radius 2 is 0.925 bits per heavy atom. The quantitative estimate of drug-likeness (QED) is 0.375. The van der Waals surface area contributed by atoms with Gasteiger partial charge in [-0.05, 0) is 121 Å². The maximum atomic E-state index is 6.40. The molecule has 0 amide bonds. The lowest BCUT2D eigenvalue weighted by Gasteiger charge is -2.32. The van der Waals surface area contributed by atoms with Gasteiger partial charge in [0, 0.05) is 17.1 Å². The number of nitrogens with zero attached hydrogens (tertiary/aromatic N) is 1. The molecule has 2 fully saturated rings. The third-order valence-electron chi connectivity index (χ3n) is 9.70. The van der Waals surface area contributed by atoms with E-state index in [0.717, 1.165) is 29.5 Å². The molecule has 0 radical (unpaired) electrons. The lowest BCUT2D eigenvalue weighted by molar-refractivity contribution is 0.00578. The molecule has 3 aliphatic rings. The zero-order valence-corrected chi connectivity index (χ0v) is 25.4. The van der Waals surface area contributed by atoms with Crippen molar-refractivity contribution in [2.45, 2.75) is 97.6 Å². The fourth-order valence-electron chi connectivity index (χ4n) is 5.67. The summed E-state index contributed by atoms with van der Waals surface area (Å²) < 4.78 is 25.6. The van der Waals surface area contributed by atoms with Crippen molar-refractivity contribution in [2.24, 2.45) is 0 Å². The Kier molecular flexibility index (Phi) is 6.36. The van der Waals surface area contributed by atoms with Gasteiger partial charge in [0.1, 0.15) is 0 Å². The molecule has 3 aromatic carbocycles. The molecule has 0 bridgehead atoms. The lowest BCUT2D eigenvalue weighted by atomic mass is 9.77. The number of hydrogen-bond acceptors (Lipinski definition) is 5. The molecule has 208 valence electrons. The van der Waals surface area contributed by atoms with Gasteiger partial charge in [-0.15, -0.1) is 0 Å². The van der Waals surface area contributed by atoms with E-state index in [-0.39, 0.29) is 36.6 Å². The Morgan fingerprint density at radius 3 is 1.30 bits per heavy atom. The highest BCUT2D eigenvalue weighted by molar-refractivity contribution is 6.62. The Balaban J connectivity index is 1.41. The van der Waals surface area contributed by atoms with E-state index in [2.05, 4.69) is 128 Å². The third-order valence-corrected chi connectivity index (χ3v) is 9.70. The van der Waals surface area contributed by atoms with Crippen molar-refractivity contribution < 1.29 is 18.6 Å². The summed E-state index contributed by atoms with van der Waals surface area (Å²) in [5.74, 6) is 0. The largest absolute Gasteiger partial charge is 0.494 e. The van der Waals surface area contributed by atoms with Crippen molar-refractivity contribution in [3.05, 3.63) is 77.4 Å². The SMILES string of the molecule is Cc1ccc(N2c3ccc(B4OC(C)(C)C(C)(C)O4)cc3CCc3cc(B4OC(C)(C)C(C)(C)O4)ccc32)cc1. The molecule has 0 aromatic heterocycles. The van der Waals surface area contributed by atoms with Gasteiger partial charge in [-0.2, -0.15) is 0 Å². The van der Waals surface area contributed by atoms with Crippen LogP contribution in [0.4, 0.5) is 17.1 Å². The van der Waals surface area contributed by atoms with Crippen LogP contribution in [-0.2, 0) is 31.5 Å². The van der Waals surface area contributed by atoms with Gasteiger partial charge in [-0.25, -0.2) is 0 Å². The molecule has 5 nitrogen and oxygen atoms in total. The average molecular weight is 537 g/mol. The minimum atomic E-state index is -0.385. The van der Waals surface area contributed by atoms with Gasteiger partial charge in [0.25, 0.3) is 0 Å². The predicted molar refractivity (Wildman–Crippen MR) is 165 cm³/mol. The van der Waals surface area contributed by atoms with E-state index in [4.69, 9.17) is 18.6 Å². The summed E-state index contributed by atoms with van der Waals surface area (Å²) in [5.41, 5.74) is 7.93. The molecule has 3 aromatic rings. The van der Waals surface area contributed by atoms with E-state index in [1.807, 2.05) is 0 Å². The van der Waals surface area contributed by atoms with Crippen LogP contribution in [0, 0.1) is 6.92 Å². The maximum absolute atomic E-state index is 6.40. The van der Waals surface area contributed by atoms with Crippen LogP contribution in [0.15, 0.2) is 60.7 Å². The van der Waals surface area contributed by atoms with Crippen LogP contribution < -0.4 is 15.8 Å². The molecule has 40 heavy (non-hydrogen) atoms. The second-order valence-corrected chi connectivity index (χ2v) is 13.6. The van der Waals surface area contributed by atoms with Crippen LogP contribution in [0.2, 0.25) is 0 Å². The van der Waals surface area contributed by atoms with Gasteiger partial charge in [0.15, 0.2) is 0 Å². The number of aryl methyl sites for hydroxylation is 3. The van der Waals surface area contributed by atoms with E-state index in [1.54, 1.807) is 0 Å². The van der Waals surface area contributed by atoms with E-state index in [9.17, 15) is 0 Å². The molecular formula is C33H41B2NO4. The molecule has 0 saturated carbocycles. The fourth-order valence-corrected chi connectivity index (χ4v) is 5.67. The second kappa shape index (κ2) is 9.22. The smallest absolute Gasteiger partial charge is 0.399 e. The summed E-state index contributed by atoms with van der Waals surface area (Å²) >= 11 is 0. The predicted octanol–water partition coefficient (Wildman–Crippen LogP) is 6.16. The van der Waals surface area contributed by atoms with Gasteiger partial charge in [-0.1, -0.05) is 42.0 Å². The monoisotopic (exact) mass is 537 g/mol. The Labute approximate surface area is 240 Å². The van der Waals surface area contributed by atoms with Crippen molar-refractivity contribution in [3.8, 4) is 0 Å². The number of rotatable bonds is 3. The normalized spacial score (nSPS) is 22.2. The summed E-state index contributed by atoms with van der Waals surface area (Å²) in [4.78, 5) is 2.39. The Bertz CT molecular complexity index is 1330. The van der Waals surface area contributed by atoms with Crippen LogP contribution in [0.1, 0.15) is 72.1 Å². The number of fused-ring (bicyclic) bond motifs is 2. The van der Waals surface area contributed by atoms with Crippen molar-refractivity contribution in [3.63, 3.8) is 0 Å². The van der Waals surface area contributed by atoms with Crippen LogP contribution in [0.3, 0.4) is 0 Å². The minimum Gasteiger partial charge on any atom is -0.399 e. The van der Waals surface area contributed by atoms with Crippen LogP contribution >= 0.6 is 0 Å². The summed E-state index contributed by atoms with van der Waals surface area (Å²) in [6.07, 6.45) is 1.82. The molecule has 0 atom stereocenters.